The van der Waals surface area contributed by atoms with Gasteiger partial charge < -0.3 is 15.0 Å². The highest BCUT2D eigenvalue weighted by atomic mass is 16.5. The number of nitrogens with zero attached hydrogens (tertiary/aromatic N) is 1. The molecule has 0 saturated carbocycles. The molecule has 2 unspecified atom stereocenters. The van der Waals surface area contributed by atoms with Gasteiger partial charge in [0, 0.05) is 18.6 Å². The van der Waals surface area contributed by atoms with Crippen molar-refractivity contribution < 1.29 is 9.53 Å². The molecule has 1 amide bonds. The fraction of sp³-hybridized carbons (Fsp3) is 0.750. The van der Waals surface area contributed by atoms with Crippen LogP contribution < -0.4 is 5.32 Å². The third-order valence-electron chi connectivity index (χ3n) is 3.00. The molecule has 1 rings (SSSR count). The van der Waals surface area contributed by atoms with E-state index < -0.39 is 0 Å². The molecule has 16 heavy (non-hydrogen) atoms. The van der Waals surface area contributed by atoms with Gasteiger partial charge in [-0.2, -0.15) is 0 Å². The van der Waals surface area contributed by atoms with Gasteiger partial charge >= 0.3 is 0 Å². The summed E-state index contributed by atoms with van der Waals surface area (Å²) in [5.74, 6) is 0.0964. The second-order valence-corrected chi connectivity index (χ2v) is 4.41. The van der Waals surface area contributed by atoms with Crippen molar-refractivity contribution in [1.82, 2.24) is 10.2 Å². The van der Waals surface area contributed by atoms with Gasteiger partial charge in [0.2, 0.25) is 5.91 Å². The Morgan fingerprint density at radius 3 is 2.81 bits per heavy atom. The summed E-state index contributed by atoms with van der Waals surface area (Å²) in [5, 5.41) is 3.13. The number of carbonyl (C=O) groups excluding carboxylic acids is 1. The highest BCUT2D eigenvalue weighted by molar-refractivity contribution is 5.80. The zero-order chi connectivity index (χ0) is 12.1. The number of rotatable bonds is 5. The molecule has 0 aromatic rings. The first-order valence-electron chi connectivity index (χ1n) is 5.78. The predicted molar refractivity (Wildman–Crippen MR) is 64.2 cm³/mol. The van der Waals surface area contributed by atoms with Crippen molar-refractivity contribution >= 4 is 5.91 Å². The first-order chi connectivity index (χ1) is 7.61. The normalized spacial score (nSPS) is 24.8. The number of nitrogens with one attached hydrogen (secondary N) is 1. The van der Waals surface area contributed by atoms with Gasteiger partial charge in [0.25, 0.3) is 0 Å². The molecule has 4 heteroatoms. The summed E-state index contributed by atoms with van der Waals surface area (Å²) in [7, 11) is 1.87. The number of amides is 1. The molecular formula is C12H22N2O2. The summed E-state index contributed by atoms with van der Waals surface area (Å²) in [6, 6.07) is 0.335. The Labute approximate surface area is 97.6 Å². The Kier molecular flexibility index (Phi) is 4.96. The van der Waals surface area contributed by atoms with Gasteiger partial charge in [-0.05, 0) is 20.9 Å². The molecule has 4 nitrogen and oxygen atoms in total. The van der Waals surface area contributed by atoms with Crippen molar-refractivity contribution in [3.63, 3.8) is 0 Å². The minimum absolute atomic E-state index is 0.0626. The molecule has 92 valence electrons. The summed E-state index contributed by atoms with van der Waals surface area (Å²) < 4.78 is 5.35. The fourth-order valence-electron chi connectivity index (χ4n) is 1.99. The molecule has 1 aliphatic rings. The third-order valence-corrected chi connectivity index (χ3v) is 3.00. The molecule has 0 aromatic carbocycles. The lowest BCUT2D eigenvalue weighted by Gasteiger charge is -2.29. The molecule has 0 aliphatic carbocycles. The number of likely N-dealkylation sites (N-methyl/N-ethyl adjacent to an activating group) is 1. The van der Waals surface area contributed by atoms with Crippen LogP contribution in [0.25, 0.3) is 0 Å². The summed E-state index contributed by atoms with van der Waals surface area (Å²) in [6.45, 7) is 9.47. The van der Waals surface area contributed by atoms with Crippen LogP contribution in [-0.2, 0) is 9.53 Å². The van der Waals surface area contributed by atoms with Gasteiger partial charge in [0.15, 0.2) is 0 Å². The van der Waals surface area contributed by atoms with Crippen LogP contribution in [0.3, 0.4) is 0 Å². The number of ether oxygens (including phenoxy) is 1. The van der Waals surface area contributed by atoms with Crippen molar-refractivity contribution in [1.29, 1.82) is 0 Å². The second-order valence-electron chi connectivity index (χ2n) is 4.41. The highest BCUT2D eigenvalue weighted by Gasteiger charge is 2.35. The van der Waals surface area contributed by atoms with E-state index in [0.29, 0.717) is 19.8 Å². The van der Waals surface area contributed by atoms with Crippen molar-refractivity contribution in [3.05, 3.63) is 12.7 Å². The zero-order valence-electron chi connectivity index (χ0n) is 10.4. The van der Waals surface area contributed by atoms with E-state index >= 15 is 0 Å². The van der Waals surface area contributed by atoms with Gasteiger partial charge in [-0.1, -0.05) is 6.08 Å². The van der Waals surface area contributed by atoms with E-state index in [2.05, 4.69) is 11.9 Å². The average molecular weight is 226 g/mol. The lowest BCUT2D eigenvalue weighted by molar-refractivity contribution is -0.137. The number of hydrogen-bond donors (Lipinski definition) is 1. The van der Waals surface area contributed by atoms with E-state index in [9.17, 15) is 4.79 Å². The topological polar surface area (TPSA) is 41.6 Å². The maximum absolute atomic E-state index is 12.3. The molecule has 2 atom stereocenters. The van der Waals surface area contributed by atoms with E-state index in [1.54, 1.807) is 6.08 Å². The van der Waals surface area contributed by atoms with Gasteiger partial charge in [-0.25, -0.2) is 0 Å². The minimum atomic E-state index is -0.0626. The minimum Gasteiger partial charge on any atom is -0.379 e. The van der Waals surface area contributed by atoms with Crippen LogP contribution >= 0.6 is 0 Å². The molecular weight excluding hydrogens is 204 g/mol. The number of hydrogen-bond acceptors (Lipinski definition) is 3. The zero-order valence-corrected chi connectivity index (χ0v) is 10.4. The van der Waals surface area contributed by atoms with E-state index in [1.807, 2.05) is 25.8 Å². The summed E-state index contributed by atoms with van der Waals surface area (Å²) in [6.07, 6.45) is 1.77. The number of carbonyl (C=O) groups is 1. The smallest absolute Gasteiger partial charge is 0.230 e. The van der Waals surface area contributed by atoms with Gasteiger partial charge in [-0.15, -0.1) is 6.58 Å². The Bertz CT molecular complexity index is 253. The van der Waals surface area contributed by atoms with E-state index in [-0.39, 0.29) is 23.9 Å². The first kappa shape index (κ1) is 13.2. The molecule has 1 N–H and O–H groups in total. The second kappa shape index (κ2) is 6.01. The average Bonchev–Trinajstić information content (AvgIpc) is 2.72. The maximum Gasteiger partial charge on any atom is 0.230 e. The van der Waals surface area contributed by atoms with Crippen LogP contribution in [0.15, 0.2) is 12.7 Å². The van der Waals surface area contributed by atoms with Gasteiger partial charge in [0.1, 0.15) is 0 Å². The molecule has 0 spiro atoms. The summed E-state index contributed by atoms with van der Waals surface area (Å²) in [4.78, 5) is 14.1. The maximum atomic E-state index is 12.3. The Hall–Kier alpha value is -0.870. The standard InChI is InChI=1S/C12H22N2O2/c1-5-6-14(9(2)3)12(15)10-7-16-8-11(10)13-4/h5,9-11,13H,1,6-8H2,2-4H3. The Morgan fingerprint density at radius 2 is 2.31 bits per heavy atom. The summed E-state index contributed by atoms with van der Waals surface area (Å²) in [5.41, 5.74) is 0. The molecule has 1 heterocycles. The molecule has 1 aliphatic heterocycles. The van der Waals surface area contributed by atoms with Crippen molar-refractivity contribution in [2.45, 2.75) is 25.9 Å². The summed E-state index contributed by atoms with van der Waals surface area (Å²) >= 11 is 0. The van der Waals surface area contributed by atoms with Gasteiger partial charge in [-0.3, -0.25) is 4.79 Å². The monoisotopic (exact) mass is 226 g/mol. The molecule has 0 radical (unpaired) electrons. The fourth-order valence-corrected chi connectivity index (χ4v) is 1.99. The third kappa shape index (κ3) is 2.83. The van der Waals surface area contributed by atoms with Crippen LogP contribution in [0.5, 0.6) is 0 Å². The van der Waals surface area contributed by atoms with Crippen LogP contribution in [-0.4, -0.2) is 49.7 Å². The van der Waals surface area contributed by atoms with Crippen molar-refractivity contribution in [2.75, 3.05) is 26.8 Å². The quantitative estimate of drug-likeness (QED) is 0.700. The highest BCUT2D eigenvalue weighted by Crippen LogP contribution is 2.17. The van der Waals surface area contributed by atoms with Crippen LogP contribution in [0, 0.1) is 5.92 Å². The lowest BCUT2D eigenvalue weighted by atomic mass is 10.0. The molecule has 1 saturated heterocycles. The van der Waals surface area contributed by atoms with Crippen molar-refractivity contribution in [3.8, 4) is 0 Å². The Morgan fingerprint density at radius 1 is 1.62 bits per heavy atom. The van der Waals surface area contributed by atoms with Gasteiger partial charge in [0.05, 0.1) is 19.1 Å². The van der Waals surface area contributed by atoms with E-state index in [4.69, 9.17) is 4.74 Å². The molecule has 1 fully saturated rings. The first-order valence-corrected chi connectivity index (χ1v) is 5.78. The Balaban J connectivity index is 2.69. The van der Waals surface area contributed by atoms with Crippen molar-refractivity contribution in [2.24, 2.45) is 5.92 Å². The van der Waals surface area contributed by atoms with E-state index in [0.717, 1.165) is 0 Å². The largest absolute Gasteiger partial charge is 0.379 e. The molecule has 0 aromatic heterocycles. The predicted octanol–water partition coefficient (Wildman–Crippen LogP) is 0.644. The van der Waals surface area contributed by atoms with E-state index in [1.165, 1.54) is 0 Å². The SMILES string of the molecule is C=CCN(C(=O)C1COCC1NC)C(C)C. The van der Waals surface area contributed by atoms with Crippen LogP contribution in [0.1, 0.15) is 13.8 Å². The lowest BCUT2D eigenvalue weighted by Crippen LogP contribution is -2.47. The molecule has 0 bridgehead atoms. The van der Waals surface area contributed by atoms with Crippen LogP contribution in [0.4, 0.5) is 0 Å². The van der Waals surface area contributed by atoms with Crippen LogP contribution in [0.2, 0.25) is 0 Å².